The molecule has 0 fully saturated rings. The number of aromatic amines is 1. The Bertz CT molecular complexity index is 1000. The minimum Gasteiger partial charge on any atom is -0.469 e. The molecule has 0 atom stereocenters. The number of hydrogen-bond donors (Lipinski definition) is 1. The minimum atomic E-state index is -0.257. The van der Waals surface area contributed by atoms with Gasteiger partial charge in [0.25, 0.3) is 5.56 Å². The van der Waals surface area contributed by atoms with Gasteiger partial charge in [0.2, 0.25) is 0 Å². The first-order valence-corrected chi connectivity index (χ1v) is 8.51. The topological polar surface area (TPSA) is 59.2 Å². The molecule has 0 amide bonds. The van der Waals surface area contributed by atoms with Gasteiger partial charge in [-0.15, -0.1) is 0 Å². The highest BCUT2D eigenvalue weighted by atomic mass is 16.5. The number of fused-ring (bicyclic) bond motifs is 5. The molecule has 0 bridgehead atoms. The van der Waals surface area contributed by atoms with E-state index in [9.17, 15) is 9.59 Å². The van der Waals surface area contributed by atoms with Gasteiger partial charge in [0.05, 0.1) is 19.2 Å². The van der Waals surface area contributed by atoms with Gasteiger partial charge < -0.3 is 9.72 Å². The van der Waals surface area contributed by atoms with E-state index in [2.05, 4.69) is 4.98 Å². The summed E-state index contributed by atoms with van der Waals surface area (Å²) in [7, 11) is 1.39. The molecule has 1 aliphatic rings. The molecule has 25 heavy (non-hydrogen) atoms. The zero-order chi connectivity index (χ0) is 18.0. The van der Waals surface area contributed by atoms with E-state index in [0.717, 1.165) is 39.8 Å². The fraction of sp³-hybridized carbons (Fsp3) is 0.238. The molecule has 1 heterocycles. The van der Waals surface area contributed by atoms with Crippen molar-refractivity contribution in [1.82, 2.24) is 4.98 Å². The Hall–Kier alpha value is -2.88. The summed E-state index contributed by atoms with van der Waals surface area (Å²) in [4.78, 5) is 27.0. The van der Waals surface area contributed by atoms with E-state index in [1.807, 2.05) is 56.3 Å². The van der Waals surface area contributed by atoms with Crippen molar-refractivity contribution in [2.45, 2.75) is 26.7 Å². The molecule has 4 nitrogen and oxygen atoms in total. The van der Waals surface area contributed by atoms with Crippen molar-refractivity contribution in [3.63, 3.8) is 0 Å². The lowest BCUT2D eigenvalue weighted by Crippen LogP contribution is -2.08. The second-order valence-electron chi connectivity index (χ2n) is 5.73. The largest absolute Gasteiger partial charge is 0.469 e. The summed E-state index contributed by atoms with van der Waals surface area (Å²) >= 11 is 0. The number of esters is 1. The average molecular weight is 335 g/mol. The molecule has 0 spiro atoms. The van der Waals surface area contributed by atoms with Crippen LogP contribution in [0.15, 0.2) is 47.3 Å². The van der Waals surface area contributed by atoms with E-state index in [4.69, 9.17) is 4.74 Å². The molecule has 0 unspecified atom stereocenters. The van der Waals surface area contributed by atoms with Gasteiger partial charge in [-0.2, -0.15) is 0 Å². The smallest absolute Gasteiger partial charge is 0.309 e. The number of hydrogen-bond acceptors (Lipinski definition) is 3. The molecule has 0 saturated heterocycles. The Kier molecular flexibility index (Phi) is 4.70. The van der Waals surface area contributed by atoms with Crippen LogP contribution in [-0.2, 0) is 22.4 Å². The maximum absolute atomic E-state index is 12.3. The van der Waals surface area contributed by atoms with Crippen LogP contribution in [0.2, 0.25) is 0 Å². The second kappa shape index (κ2) is 6.93. The molecule has 1 N–H and O–H groups in total. The summed E-state index contributed by atoms with van der Waals surface area (Å²) in [6.45, 7) is 4.00. The Morgan fingerprint density at radius 3 is 2.48 bits per heavy atom. The number of rotatable bonds is 2. The predicted octanol–water partition coefficient (Wildman–Crippen LogP) is 3.84. The van der Waals surface area contributed by atoms with Crippen LogP contribution < -0.4 is 5.56 Å². The van der Waals surface area contributed by atoms with Crippen molar-refractivity contribution in [1.29, 1.82) is 0 Å². The van der Waals surface area contributed by atoms with Gasteiger partial charge in [-0.05, 0) is 28.1 Å². The van der Waals surface area contributed by atoms with Crippen LogP contribution in [-0.4, -0.2) is 18.1 Å². The van der Waals surface area contributed by atoms with Gasteiger partial charge in [-0.3, -0.25) is 9.59 Å². The lowest BCUT2D eigenvalue weighted by molar-refractivity contribution is -0.139. The SMILES string of the molecule is CC.COC(=O)Cc1cccc2c1Cc1c-2[nH]c(=O)c2ccccc12. The fourth-order valence-electron chi connectivity index (χ4n) is 3.40. The van der Waals surface area contributed by atoms with Gasteiger partial charge in [-0.25, -0.2) is 0 Å². The molecule has 128 valence electrons. The zero-order valence-corrected chi connectivity index (χ0v) is 14.7. The molecule has 0 saturated carbocycles. The van der Waals surface area contributed by atoms with Crippen LogP contribution in [0.1, 0.15) is 30.5 Å². The summed E-state index contributed by atoms with van der Waals surface area (Å²) in [6, 6.07) is 13.5. The number of methoxy groups -OCH3 is 1. The first-order valence-electron chi connectivity index (χ1n) is 8.51. The highest BCUT2D eigenvalue weighted by Crippen LogP contribution is 2.39. The van der Waals surface area contributed by atoms with Crippen molar-refractivity contribution in [3.8, 4) is 11.3 Å². The van der Waals surface area contributed by atoms with Crippen molar-refractivity contribution in [2.24, 2.45) is 0 Å². The lowest BCUT2D eigenvalue weighted by Gasteiger charge is -2.07. The maximum Gasteiger partial charge on any atom is 0.309 e. The summed E-state index contributed by atoms with van der Waals surface area (Å²) < 4.78 is 4.78. The summed E-state index contributed by atoms with van der Waals surface area (Å²) in [5, 5.41) is 1.68. The van der Waals surface area contributed by atoms with E-state index in [1.54, 1.807) is 0 Å². The van der Waals surface area contributed by atoms with Gasteiger partial charge in [0.1, 0.15) is 0 Å². The third-order valence-electron chi connectivity index (χ3n) is 4.50. The standard InChI is InChI=1S/C19H15NO3.C2H6/c1-23-17(21)9-11-5-4-8-13-15(11)10-16-12-6-2-3-7-14(12)19(22)20-18(13)16;1-2/h2-8H,9-10H2,1H3,(H,20,22);1-2H3. The van der Waals surface area contributed by atoms with Crippen LogP contribution in [0.3, 0.4) is 0 Å². The number of benzene rings is 2. The van der Waals surface area contributed by atoms with Crippen molar-refractivity contribution in [2.75, 3.05) is 7.11 Å². The van der Waals surface area contributed by atoms with Crippen molar-refractivity contribution < 1.29 is 9.53 Å². The van der Waals surface area contributed by atoms with E-state index < -0.39 is 0 Å². The highest BCUT2D eigenvalue weighted by Gasteiger charge is 2.25. The first-order chi connectivity index (χ1) is 12.2. The van der Waals surface area contributed by atoms with E-state index in [0.29, 0.717) is 5.39 Å². The van der Waals surface area contributed by atoms with Crippen LogP contribution in [0, 0.1) is 0 Å². The molecule has 0 aliphatic heterocycles. The summed E-state index contributed by atoms with van der Waals surface area (Å²) in [6.07, 6.45) is 0.963. The molecule has 0 radical (unpaired) electrons. The molecular formula is C21H21NO3. The van der Waals surface area contributed by atoms with E-state index in [-0.39, 0.29) is 17.9 Å². The fourth-order valence-corrected chi connectivity index (χ4v) is 3.40. The van der Waals surface area contributed by atoms with Gasteiger partial charge in [0, 0.05) is 17.4 Å². The van der Waals surface area contributed by atoms with Crippen LogP contribution in [0.25, 0.3) is 22.0 Å². The average Bonchev–Trinajstić information content (AvgIpc) is 3.03. The minimum absolute atomic E-state index is 0.0782. The zero-order valence-electron chi connectivity index (χ0n) is 14.7. The molecule has 3 aromatic rings. The Labute approximate surface area is 146 Å². The van der Waals surface area contributed by atoms with Crippen LogP contribution in [0.5, 0.6) is 0 Å². The normalized spacial score (nSPS) is 11.3. The van der Waals surface area contributed by atoms with Crippen LogP contribution in [0.4, 0.5) is 0 Å². The monoisotopic (exact) mass is 335 g/mol. The quantitative estimate of drug-likeness (QED) is 0.566. The second-order valence-corrected chi connectivity index (χ2v) is 5.73. The number of nitrogens with one attached hydrogen (secondary N) is 1. The Morgan fingerprint density at radius 2 is 1.76 bits per heavy atom. The predicted molar refractivity (Wildman–Crippen MR) is 99.9 cm³/mol. The molecule has 1 aromatic heterocycles. The molecule has 4 heteroatoms. The van der Waals surface area contributed by atoms with Crippen molar-refractivity contribution in [3.05, 3.63) is 69.5 Å². The Morgan fingerprint density at radius 1 is 1.04 bits per heavy atom. The molecule has 4 rings (SSSR count). The number of carbonyl (C=O) groups is 1. The molecule has 1 aliphatic carbocycles. The number of H-pyrrole nitrogens is 1. The third kappa shape index (κ3) is 2.84. The lowest BCUT2D eigenvalue weighted by atomic mass is 10.00. The van der Waals surface area contributed by atoms with E-state index >= 15 is 0 Å². The summed E-state index contributed by atoms with van der Waals surface area (Å²) in [5.41, 5.74) is 4.97. The van der Waals surface area contributed by atoms with Gasteiger partial charge >= 0.3 is 5.97 Å². The summed E-state index contributed by atoms with van der Waals surface area (Å²) in [5.74, 6) is -0.257. The van der Waals surface area contributed by atoms with Crippen LogP contribution >= 0.6 is 0 Å². The molecular weight excluding hydrogens is 314 g/mol. The molecule has 2 aromatic carbocycles. The maximum atomic E-state index is 12.3. The van der Waals surface area contributed by atoms with E-state index in [1.165, 1.54) is 7.11 Å². The van der Waals surface area contributed by atoms with Crippen molar-refractivity contribution >= 4 is 16.7 Å². The number of ether oxygens (including phenoxy) is 1. The number of aromatic nitrogens is 1. The number of pyridine rings is 1. The van der Waals surface area contributed by atoms with Gasteiger partial charge in [-0.1, -0.05) is 50.2 Å². The third-order valence-corrected chi connectivity index (χ3v) is 4.50. The highest BCUT2D eigenvalue weighted by molar-refractivity contribution is 5.93. The Balaban J connectivity index is 0.000000880. The van der Waals surface area contributed by atoms with Gasteiger partial charge in [0.15, 0.2) is 0 Å². The first kappa shape index (κ1) is 17.0. The number of carbonyl (C=O) groups excluding carboxylic acids is 1.